The lowest BCUT2D eigenvalue weighted by atomic mass is 10.1. The minimum Gasteiger partial charge on any atom is -0.492 e. The summed E-state index contributed by atoms with van der Waals surface area (Å²) in [5, 5.41) is 8.57. The molecule has 0 fully saturated rings. The van der Waals surface area contributed by atoms with Crippen LogP contribution in [0.3, 0.4) is 0 Å². The predicted molar refractivity (Wildman–Crippen MR) is 73.7 cm³/mol. The van der Waals surface area contributed by atoms with Crippen LogP contribution >= 0.6 is 0 Å². The average Bonchev–Trinajstić information content (AvgIpc) is 2.28. The molecular formula is C15H20O5. The normalized spacial score (nSPS) is 14.9. The monoisotopic (exact) mass is 280 g/mol. The molecule has 0 aromatic heterocycles. The van der Waals surface area contributed by atoms with Gasteiger partial charge in [0.25, 0.3) is 0 Å². The summed E-state index contributed by atoms with van der Waals surface area (Å²) in [5.41, 5.74) is -0.331. The minimum atomic E-state index is -1.11. The lowest BCUT2D eigenvalue weighted by Gasteiger charge is -2.25. The number of aliphatic carboxylic acids is 1. The zero-order valence-electron chi connectivity index (χ0n) is 12.1. The first-order valence-electron chi connectivity index (χ1n) is 6.38. The first-order chi connectivity index (χ1) is 9.17. The Morgan fingerprint density at radius 2 is 1.80 bits per heavy atom. The molecule has 1 rings (SSSR count). The van der Waals surface area contributed by atoms with Crippen molar-refractivity contribution in [3.63, 3.8) is 0 Å². The Morgan fingerprint density at radius 1 is 1.25 bits per heavy atom. The van der Waals surface area contributed by atoms with Crippen LogP contribution in [-0.4, -0.2) is 22.6 Å². The molecule has 1 N–H and O–H groups in total. The number of carboxylic acid groups (broad SMARTS) is 1. The van der Waals surface area contributed by atoms with Crippen molar-refractivity contribution in [2.45, 2.75) is 45.6 Å². The average molecular weight is 280 g/mol. The largest absolute Gasteiger partial charge is 0.492 e. The van der Waals surface area contributed by atoms with E-state index in [2.05, 4.69) is 6.58 Å². The van der Waals surface area contributed by atoms with E-state index in [1.165, 1.54) is 0 Å². The van der Waals surface area contributed by atoms with Crippen LogP contribution in [0.1, 0.15) is 40.0 Å². The molecule has 1 aliphatic rings. The molecule has 0 atom stereocenters. The Hall–Kier alpha value is -2.04. The van der Waals surface area contributed by atoms with Crippen LogP contribution in [0.5, 0.6) is 0 Å². The molecule has 5 heteroatoms. The third-order valence-corrected chi connectivity index (χ3v) is 2.39. The quantitative estimate of drug-likeness (QED) is 0.619. The molecule has 0 saturated heterocycles. The van der Waals surface area contributed by atoms with Crippen molar-refractivity contribution >= 4 is 11.9 Å². The second kappa shape index (κ2) is 6.41. The maximum atomic E-state index is 11.6. The number of ether oxygens (including phenoxy) is 2. The zero-order chi connectivity index (χ0) is 15.3. The molecule has 0 saturated carbocycles. The van der Waals surface area contributed by atoms with Crippen LogP contribution in [-0.2, 0) is 19.1 Å². The fourth-order valence-corrected chi connectivity index (χ4v) is 1.61. The molecule has 0 bridgehead atoms. The van der Waals surface area contributed by atoms with Crippen molar-refractivity contribution in [3.05, 3.63) is 35.8 Å². The number of allylic oxidation sites excluding steroid dienone is 4. The number of hydrogen-bond acceptors (Lipinski definition) is 4. The maximum Gasteiger partial charge on any atom is 0.339 e. The summed E-state index contributed by atoms with van der Waals surface area (Å²) in [4.78, 5) is 22.1. The van der Waals surface area contributed by atoms with Crippen molar-refractivity contribution in [3.8, 4) is 0 Å². The van der Waals surface area contributed by atoms with E-state index < -0.39 is 18.4 Å². The molecule has 0 aromatic rings. The third kappa shape index (κ3) is 5.73. The summed E-state index contributed by atoms with van der Waals surface area (Å²) >= 11 is 0. The highest BCUT2D eigenvalue weighted by atomic mass is 16.5. The number of esters is 1. The summed E-state index contributed by atoms with van der Waals surface area (Å²) in [6, 6.07) is 0. The molecule has 0 heterocycles. The van der Waals surface area contributed by atoms with Crippen molar-refractivity contribution in [1.29, 1.82) is 0 Å². The second-order valence-electron chi connectivity index (χ2n) is 5.54. The Kier molecular flexibility index (Phi) is 5.13. The number of carboxylic acids is 1. The van der Waals surface area contributed by atoms with Gasteiger partial charge in [-0.3, -0.25) is 4.79 Å². The molecular weight excluding hydrogens is 260 g/mol. The van der Waals surface area contributed by atoms with Gasteiger partial charge < -0.3 is 14.6 Å². The number of carbonyl (C=O) groups excluding carboxylic acids is 1. The van der Waals surface area contributed by atoms with Crippen molar-refractivity contribution < 1.29 is 24.2 Å². The lowest BCUT2D eigenvalue weighted by molar-refractivity contribution is -0.140. The SMILES string of the molecule is C=C(CC(=O)O)C(=O)OC1=CC=C(OC(C)(C)C)CC1. The highest BCUT2D eigenvalue weighted by Crippen LogP contribution is 2.24. The molecule has 0 aliphatic heterocycles. The minimum absolute atomic E-state index is 0.0703. The molecule has 110 valence electrons. The summed E-state index contributed by atoms with van der Waals surface area (Å²) in [7, 11) is 0. The van der Waals surface area contributed by atoms with Gasteiger partial charge in [0.15, 0.2) is 0 Å². The van der Waals surface area contributed by atoms with Crippen LogP contribution in [0, 0.1) is 0 Å². The molecule has 0 unspecified atom stereocenters. The number of rotatable bonds is 5. The number of hydrogen-bond donors (Lipinski definition) is 1. The van der Waals surface area contributed by atoms with Gasteiger partial charge in [-0.25, -0.2) is 4.79 Å². The van der Waals surface area contributed by atoms with Gasteiger partial charge in [-0.15, -0.1) is 0 Å². The van der Waals surface area contributed by atoms with Gasteiger partial charge in [0.05, 0.1) is 12.2 Å². The highest BCUT2D eigenvalue weighted by Gasteiger charge is 2.19. The Balaban J connectivity index is 2.57. The van der Waals surface area contributed by atoms with Crippen LogP contribution in [0.25, 0.3) is 0 Å². The molecule has 20 heavy (non-hydrogen) atoms. The maximum absolute atomic E-state index is 11.6. The highest BCUT2D eigenvalue weighted by molar-refractivity contribution is 5.93. The van der Waals surface area contributed by atoms with E-state index in [0.717, 1.165) is 5.76 Å². The fourth-order valence-electron chi connectivity index (χ4n) is 1.61. The van der Waals surface area contributed by atoms with E-state index in [4.69, 9.17) is 14.6 Å². The van der Waals surface area contributed by atoms with E-state index in [0.29, 0.717) is 18.6 Å². The van der Waals surface area contributed by atoms with E-state index >= 15 is 0 Å². The smallest absolute Gasteiger partial charge is 0.339 e. The van der Waals surface area contributed by atoms with Gasteiger partial charge in [-0.1, -0.05) is 6.58 Å². The molecule has 0 spiro atoms. The van der Waals surface area contributed by atoms with E-state index in [9.17, 15) is 9.59 Å². The topological polar surface area (TPSA) is 72.8 Å². The zero-order valence-corrected chi connectivity index (χ0v) is 12.1. The van der Waals surface area contributed by atoms with Crippen LogP contribution in [0.2, 0.25) is 0 Å². The van der Waals surface area contributed by atoms with Gasteiger partial charge in [0.1, 0.15) is 11.4 Å². The van der Waals surface area contributed by atoms with Gasteiger partial charge in [0, 0.05) is 18.4 Å². The van der Waals surface area contributed by atoms with E-state index in [1.54, 1.807) is 12.2 Å². The molecule has 1 aliphatic carbocycles. The van der Waals surface area contributed by atoms with E-state index in [1.807, 2.05) is 20.8 Å². The van der Waals surface area contributed by atoms with E-state index in [-0.39, 0.29) is 11.2 Å². The van der Waals surface area contributed by atoms with Crippen molar-refractivity contribution in [1.82, 2.24) is 0 Å². The molecule has 5 nitrogen and oxygen atoms in total. The van der Waals surface area contributed by atoms with Crippen LogP contribution < -0.4 is 0 Å². The van der Waals surface area contributed by atoms with Gasteiger partial charge in [-0.05, 0) is 32.9 Å². The second-order valence-corrected chi connectivity index (χ2v) is 5.54. The Morgan fingerprint density at radius 3 is 2.25 bits per heavy atom. The fraction of sp³-hybridized carbons (Fsp3) is 0.467. The number of carbonyl (C=O) groups is 2. The third-order valence-electron chi connectivity index (χ3n) is 2.39. The first-order valence-corrected chi connectivity index (χ1v) is 6.38. The summed E-state index contributed by atoms with van der Waals surface area (Å²) in [6.45, 7) is 9.28. The van der Waals surface area contributed by atoms with Gasteiger partial charge in [0.2, 0.25) is 0 Å². The predicted octanol–water partition coefficient (Wildman–Crippen LogP) is 2.94. The van der Waals surface area contributed by atoms with Crippen molar-refractivity contribution in [2.75, 3.05) is 0 Å². The van der Waals surface area contributed by atoms with Crippen molar-refractivity contribution in [2.24, 2.45) is 0 Å². The van der Waals surface area contributed by atoms with Crippen LogP contribution in [0.4, 0.5) is 0 Å². The van der Waals surface area contributed by atoms with Gasteiger partial charge >= 0.3 is 11.9 Å². The summed E-state index contributed by atoms with van der Waals surface area (Å²) in [5.74, 6) is -0.484. The Labute approximate surface area is 118 Å². The summed E-state index contributed by atoms with van der Waals surface area (Å²) in [6.07, 6.45) is 4.18. The molecule has 0 aromatic carbocycles. The first kappa shape index (κ1) is 16.0. The Bertz CT molecular complexity index is 477. The standard InChI is InChI=1S/C15H20O5/c1-10(9-13(16)17)14(18)19-11-5-7-12(8-6-11)20-15(2,3)4/h5,7H,1,6,8-9H2,2-4H3,(H,16,17). The molecule has 0 radical (unpaired) electrons. The van der Waals surface area contributed by atoms with Gasteiger partial charge in [-0.2, -0.15) is 0 Å². The summed E-state index contributed by atoms with van der Waals surface area (Å²) < 4.78 is 10.8. The molecule has 0 amide bonds. The lowest BCUT2D eigenvalue weighted by Crippen LogP contribution is -2.19. The van der Waals surface area contributed by atoms with Crippen LogP contribution in [0.15, 0.2) is 35.8 Å².